The predicted molar refractivity (Wildman–Crippen MR) is 114 cm³/mol. The fraction of sp³-hybridized carbons (Fsp3) is 0.550. The zero-order chi connectivity index (χ0) is 22.1. The number of aliphatic hydroxyl groups is 1. The van der Waals surface area contributed by atoms with Gasteiger partial charge >= 0.3 is 5.97 Å². The summed E-state index contributed by atoms with van der Waals surface area (Å²) < 4.78 is 15.4. The van der Waals surface area contributed by atoms with Gasteiger partial charge in [-0.25, -0.2) is 9.78 Å². The highest BCUT2D eigenvalue weighted by molar-refractivity contribution is 7.20. The highest BCUT2D eigenvalue weighted by Crippen LogP contribution is 2.27. The molecule has 0 saturated carbocycles. The predicted octanol–water partition coefficient (Wildman–Crippen LogP) is 0.929. The molecule has 0 spiro atoms. The minimum absolute atomic E-state index is 0.101. The second-order valence-corrected chi connectivity index (χ2v) is 7.57. The number of ether oxygens (including phenoxy) is 3. The molecule has 9 nitrogen and oxygen atoms in total. The van der Waals surface area contributed by atoms with Crippen LogP contribution in [0.4, 0.5) is 0 Å². The van der Waals surface area contributed by atoms with Crippen LogP contribution in [0, 0.1) is 19.3 Å². The Morgan fingerprint density at radius 3 is 2.90 bits per heavy atom. The highest BCUT2D eigenvalue weighted by Gasteiger charge is 2.21. The molecule has 0 saturated heterocycles. The van der Waals surface area contributed by atoms with Crippen LogP contribution in [-0.2, 0) is 20.8 Å². The minimum Gasteiger partial charge on any atom is -0.462 e. The molecule has 2 aromatic rings. The van der Waals surface area contributed by atoms with Crippen molar-refractivity contribution in [2.75, 3.05) is 46.6 Å². The van der Waals surface area contributed by atoms with Gasteiger partial charge in [-0.3, -0.25) is 9.69 Å². The van der Waals surface area contributed by atoms with E-state index in [2.05, 4.69) is 15.9 Å². The summed E-state index contributed by atoms with van der Waals surface area (Å²) in [4.78, 5) is 34.8. The van der Waals surface area contributed by atoms with E-state index in [9.17, 15) is 14.7 Å². The number of H-pyrrole nitrogens is 1. The first-order valence-corrected chi connectivity index (χ1v) is 10.3. The van der Waals surface area contributed by atoms with Gasteiger partial charge < -0.3 is 24.3 Å². The summed E-state index contributed by atoms with van der Waals surface area (Å²) in [5.41, 5.74) is 0.245. The third-order valence-electron chi connectivity index (χ3n) is 4.26. The Balaban J connectivity index is 2.22. The van der Waals surface area contributed by atoms with Crippen LogP contribution >= 0.6 is 11.3 Å². The van der Waals surface area contributed by atoms with Crippen LogP contribution < -0.4 is 5.56 Å². The number of carbonyl (C=O) groups is 1. The fourth-order valence-electron chi connectivity index (χ4n) is 2.93. The number of esters is 1. The van der Waals surface area contributed by atoms with Gasteiger partial charge in [-0.05, 0) is 19.4 Å². The van der Waals surface area contributed by atoms with Crippen molar-refractivity contribution in [2.24, 2.45) is 0 Å². The van der Waals surface area contributed by atoms with Crippen LogP contribution in [0.15, 0.2) is 4.79 Å². The van der Waals surface area contributed by atoms with Crippen molar-refractivity contribution in [1.82, 2.24) is 14.9 Å². The van der Waals surface area contributed by atoms with Gasteiger partial charge in [0.1, 0.15) is 22.1 Å². The second-order valence-electron chi connectivity index (χ2n) is 6.57. The number of aryl methyl sites for hydroxylation is 1. The first-order valence-electron chi connectivity index (χ1n) is 9.51. The molecule has 0 fully saturated rings. The lowest BCUT2D eigenvalue weighted by Crippen LogP contribution is -2.37. The molecule has 0 radical (unpaired) electrons. The van der Waals surface area contributed by atoms with E-state index in [1.165, 1.54) is 0 Å². The monoisotopic (exact) mass is 437 g/mol. The van der Waals surface area contributed by atoms with Crippen LogP contribution in [0.5, 0.6) is 0 Å². The Morgan fingerprint density at radius 2 is 2.23 bits per heavy atom. The fourth-order valence-corrected chi connectivity index (χ4v) is 4.02. The Bertz CT molecular complexity index is 948. The quantitative estimate of drug-likeness (QED) is 0.286. The van der Waals surface area contributed by atoms with Gasteiger partial charge in [0, 0.05) is 20.2 Å². The van der Waals surface area contributed by atoms with Crippen molar-refractivity contribution >= 4 is 27.5 Å². The van der Waals surface area contributed by atoms with Gasteiger partial charge in [0.05, 0.1) is 37.9 Å². The lowest BCUT2D eigenvalue weighted by Gasteiger charge is -2.24. The van der Waals surface area contributed by atoms with E-state index in [-0.39, 0.29) is 38.5 Å². The van der Waals surface area contributed by atoms with E-state index in [0.717, 1.165) is 11.3 Å². The second kappa shape index (κ2) is 11.8. The first-order chi connectivity index (χ1) is 14.4. The van der Waals surface area contributed by atoms with Gasteiger partial charge in [-0.15, -0.1) is 17.8 Å². The molecule has 10 heteroatoms. The molecule has 1 atom stereocenters. The van der Waals surface area contributed by atoms with E-state index >= 15 is 0 Å². The van der Waals surface area contributed by atoms with Crippen LogP contribution in [0.25, 0.3) is 10.2 Å². The molecule has 30 heavy (non-hydrogen) atoms. The molecule has 0 amide bonds. The Morgan fingerprint density at radius 1 is 1.47 bits per heavy atom. The average molecular weight is 438 g/mol. The van der Waals surface area contributed by atoms with E-state index in [0.29, 0.717) is 39.6 Å². The summed E-state index contributed by atoms with van der Waals surface area (Å²) in [5.74, 6) is 2.31. The number of carbonyl (C=O) groups excluding carboxylic acids is 1. The molecule has 2 N–H and O–H groups in total. The number of hydrogen-bond donors (Lipinski definition) is 2. The normalized spacial score (nSPS) is 12.3. The Kier molecular flexibility index (Phi) is 9.42. The van der Waals surface area contributed by atoms with E-state index in [1.807, 2.05) is 4.90 Å². The van der Waals surface area contributed by atoms with Gasteiger partial charge in [0.15, 0.2) is 0 Å². The topological polar surface area (TPSA) is 114 Å². The standard InChI is InChI=1S/C20H27N3O6S/c1-5-8-28-12-14(24)10-23(7-9-27-4)11-15-21-18(25)16-13(3)17(20(26)29-6-2)30-19(16)22-15/h1,14,24H,6-12H2,2-4H3,(H,21,22,25)/t14-/m0/s1. The number of methoxy groups -OCH3 is 1. The van der Waals surface area contributed by atoms with Crippen molar-refractivity contribution in [3.05, 3.63) is 26.6 Å². The number of fused-ring (bicyclic) bond motifs is 1. The van der Waals surface area contributed by atoms with Crippen LogP contribution in [-0.4, -0.2) is 78.7 Å². The summed E-state index contributed by atoms with van der Waals surface area (Å²) in [7, 11) is 1.59. The summed E-state index contributed by atoms with van der Waals surface area (Å²) >= 11 is 1.14. The SMILES string of the molecule is C#CCOC[C@@H](O)CN(CCOC)Cc1nc2sc(C(=O)OCC)c(C)c2c(=O)[nH]1. The number of nitrogens with zero attached hydrogens (tertiary/aromatic N) is 2. The number of rotatable bonds is 12. The lowest BCUT2D eigenvalue weighted by atomic mass is 10.2. The number of hydrogen-bond acceptors (Lipinski definition) is 9. The molecule has 2 heterocycles. The maximum atomic E-state index is 12.6. The van der Waals surface area contributed by atoms with Gasteiger partial charge in [0.2, 0.25) is 0 Å². The summed E-state index contributed by atoms with van der Waals surface area (Å²) in [6, 6.07) is 0. The number of aromatic nitrogens is 2. The first kappa shape index (κ1) is 24.0. The third kappa shape index (κ3) is 6.35. The maximum absolute atomic E-state index is 12.6. The Hall–Kier alpha value is -2.29. The molecule has 164 valence electrons. The zero-order valence-electron chi connectivity index (χ0n) is 17.4. The number of nitrogens with one attached hydrogen (secondary N) is 1. The van der Waals surface area contributed by atoms with Gasteiger partial charge in [-0.1, -0.05) is 5.92 Å². The van der Waals surface area contributed by atoms with Crippen molar-refractivity contribution in [3.63, 3.8) is 0 Å². The number of thiophene rings is 1. The van der Waals surface area contributed by atoms with Crippen molar-refractivity contribution in [2.45, 2.75) is 26.5 Å². The molecule has 0 aliphatic heterocycles. The van der Waals surface area contributed by atoms with Crippen molar-refractivity contribution in [1.29, 1.82) is 0 Å². The Labute approximate surface area is 179 Å². The zero-order valence-corrected chi connectivity index (χ0v) is 18.2. The van der Waals surface area contributed by atoms with E-state index in [1.54, 1.807) is 21.0 Å². The molecular formula is C20H27N3O6S. The van der Waals surface area contributed by atoms with Crippen LogP contribution in [0.3, 0.4) is 0 Å². The van der Waals surface area contributed by atoms with Gasteiger partial charge in [-0.2, -0.15) is 0 Å². The summed E-state index contributed by atoms with van der Waals surface area (Å²) in [6.45, 7) is 5.44. The molecule has 2 rings (SSSR count). The molecule has 0 unspecified atom stereocenters. The average Bonchev–Trinajstić information content (AvgIpc) is 3.03. The number of aromatic amines is 1. The highest BCUT2D eigenvalue weighted by atomic mass is 32.1. The molecule has 2 aromatic heterocycles. The summed E-state index contributed by atoms with van der Waals surface area (Å²) in [5, 5.41) is 10.6. The molecule has 0 aliphatic rings. The smallest absolute Gasteiger partial charge is 0.348 e. The lowest BCUT2D eigenvalue weighted by molar-refractivity contribution is 0.0202. The van der Waals surface area contributed by atoms with Crippen molar-refractivity contribution in [3.8, 4) is 12.3 Å². The molecule has 0 aromatic carbocycles. The van der Waals surface area contributed by atoms with E-state index in [4.69, 9.17) is 20.6 Å². The van der Waals surface area contributed by atoms with E-state index < -0.39 is 12.1 Å². The minimum atomic E-state index is -0.759. The molecular weight excluding hydrogens is 410 g/mol. The third-order valence-corrected chi connectivity index (χ3v) is 5.43. The largest absolute Gasteiger partial charge is 0.462 e. The maximum Gasteiger partial charge on any atom is 0.348 e. The summed E-state index contributed by atoms with van der Waals surface area (Å²) in [6.07, 6.45) is 4.38. The van der Waals surface area contributed by atoms with Crippen LogP contribution in [0.1, 0.15) is 28.0 Å². The van der Waals surface area contributed by atoms with Crippen LogP contribution in [0.2, 0.25) is 0 Å². The molecule has 0 aliphatic carbocycles. The van der Waals surface area contributed by atoms with Gasteiger partial charge in [0.25, 0.3) is 5.56 Å². The van der Waals surface area contributed by atoms with Crippen molar-refractivity contribution < 1.29 is 24.1 Å². The molecule has 0 bridgehead atoms. The number of aliphatic hydroxyl groups excluding tert-OH is 1. The number of terminal acetylenes is 1.